The zero-order valence-corrected chi connectivity index (χ0v) is 11.4. The fraction of sp³-hybridized carbons (Fsp3) is 0.923. The summed E-state index contributed by atoms with van der Waals surface area (Å²) >= 11 is 0. The Morgan fingerprint density at radius 2 is 1.94 bits per heavy atom. The highest BCUT2D eigenvalue weighted by Gasteiger charge is 2.30. The number of carboxylic acids is 1. The van der Waals surface area contributed by atoms with Crippen LogP contribution in [0.2, 0.25) is 0 Å². The van der Waals surface area contributed by atoms with Gasteiger partial charge >= 0.3 is 5.97 Å². The first kappa shape index (κ1) is 15.4. The molecule has 1 atom stereocenters. The van der Waals surface area contributed by atoms with Crippen LogP contribution in [0, 0.1) is 5.41 Å². The summed E-state index contributed by atoms with van der Waals surface area (Å²) in [6, 6.07) is 0.463. The molecular weight excluding hydrogens is 202 g/mol. The summed E-state index contributed by atoms with van der Waals surface area (Å²) in [5.41, 5.74) is -0.656. The van der Waals surface area contributed by atoms with E-state index >= 15 is 0 Å². The smallest absolute Gasteiger partial charge is 0.310 e. The van der Waals surface area contributed by atoms with Gasteiger partial charge in [0.2, 0.25) is 0 Å². The zero-order chi connectivity index (χ0) is 12.8. The van der Waals surface area contributed by atoms with Crippen LogP contribution < -0.4 is 0 Å². The maximum absolute atomic E-state index is 11.1. The quantitative estimate of drug-likeness (QED) is 0.695. The summed E-state index contributed by atoms with van der Waals surface area (Å²) in [7, 11) is 0. The fourth-order valence-corrected chi connectivity index (χ4v) is 1.65. The Bertz CT molecular complexity index is 214. The van der Waals surface area contributed by atoms with Crippen LogP contribution in [-0.4, -0.2) is 35.1 Å². The van der Waals surface area contributed by atoms with Crippen molar-refractivity contribution >= 4 is 5.97 Å². The topological polar surface area (TPSA) is 40.5 Å². The molecule has 16 heavy (non-hydrogen) atoms. The first-order chi connectivity index (χ1) is 7.35. The minimum Gasteiger partial charge on any atom is -0.481 e. The summed E-state index contributed by atoms with van der Waals surface area (Å²) in [5, 5.41) is 9.14. The van der Waals surface area contributed by atoms with E-state index in [4.69, 9.17) is 5.11 Å². The average molecular weight is 229 g/mol. The maximum atomic E-state index is 11.1. The normalized spacial score (nSPS) is 14.1. The SMILES string of the molecule is CCCCN(CC(C)(C)C(=O)O)C(C)CC. The molecule has 0 aromatic rings. The van der Waals surface area contributed by atoms with Crippen molar-refractivity contribution in [2.75, 3.05) is 13.1 Å². The highest BCUT2D eigenvalue weighted by atomic mass is 16.4. The highest BCUT2D eigenvalue weighted by Crippen LogP contribution is 2.20. The predicted octanol–water partition coefficient (Wildman–Crippen LogP) is 3.00. The number of hydrogen-bond acceptors (Lipinski definition) is 2. The second kappa shape index (κ2) is 6.89. The molecule has 0 aliphatic rings. The van der Waals surface area contributed by atoms with E-state index in [2.05, 4.69) is 25.7 Å². The first-order valence-corrected chi connectivity index (χ1v) is 6.32. The minimum absolute atomic E-state index is 0.463. The Balaban J connectivity index is 4.46. The number of nitrogens with zero attached hydrogens (tertiary/aromatic N) is 1. The Morgan fingerprint density at radius 3 is 2.31 bits per heavy atom. The minimum atomic E-state index is -0.711. The van der Waals surface area contributed by atoms with Crippen molar-refractivity contribution in [3.8, 4) is 0 Å². The summed E-state index contributed by atoms with van der Waals surface area (Å²) in [5.74, 6) is -0.711. The van der Waals surface area contributed by atoms with Crippen molar-refractivity contribution < 1.29 is 9.90 Å². The molecule has 0 aliphatic heterocycles. The van der Waals surface area contributed by atoms with Gasteiger partial charge in [-0.3, -0.25) is 9.69 Å². The summed E-state index contributed by atoms with van der Waals surface area (Å²) in [6.07, 6.45) is 3.36. The average Bonchev–Trinajstić information content (AvgIpc) is 2.22. The Labute approximate surface area is 99.8 Å². The summed E-state index contributed by atoms with van der Waals surface area (Å²) in [6.45, 7) is 11.7. The van der Waals surface area contributed by atoms with Gasteiger partial charge in [-0.15, -0.1) is 0 Å². The Morgan fingerprint density at radius 1 is 1.38 bits per heavy atom. The van der Waals surface area contributed by atoms with E-state index in [9.17, 15) is 4.79 Å². The maximum Gasteiger partial charge on any atom is 0.310 e. The standard InChI is InChI=1S/C13H27NO2/c1-6-8-9-14(11(3)7-2)10-13(4,5)12(15)16/h11H,6-10H2,1-5H3,(H,15,16). The lowest BCUT2D eigenvalue weighted by Gasteiger charge is -2.34. The molecule has 0 aliphatic carbocycles. The van der Waals surface area contributed by atoms with E-state index in [1.165, 1.54) is 0 Å². The molecule has 96 valence electrons. The third-order valence-corrected chi connectivity index (χ3v) is 3.19. The second-order valence-corrected chi connectivity index (χ2v) is 5.27. The van der Waals surface area contributed by atoms with Gasteiger partial charge in [0.05, 0.1) is 5.41 Å². The van der Waals surface area contributed by atoms with Gasteiger partial charge in [0.15, 0.2) is 0 Å². The number of carboxylic acid groups (broad SMARTS) is 1. The lowest BCUT2D eigenvalue weighted by atomic mass is 9.92. The number of hydrogen-bond donors (Lipinski definition) is 1. The molecule has 3 heteroatoms. The largest absolute Gasteiger partial charge is 0.481 e. The Hall–Kier alpha value is -0.570. The fourth-order valence-electron chi connectivity index (χ4n) is 1.65. The lowest BCUT2D eigenvalue weighted by molar-refractivity contribution is -0.148. The van der Waals surface area contributed by atoms with Crippen molar-refractivity contribution in [1.82, 2.24) is 4.90 Å². The van der Waals surface area contributed by atoms with Gasteiger partial charge in [-0.05, 0) is 40.2 Å². The van der Waals surface area contributed by atoms with Crippen LogP contribution in [0.1, 0.15) is 53.9 Å². The molecule has 0 fully saturated rings. The van der Waals surface area contributed by atoms with E-state index in [0.29, 0.717) is 12.6 Å². The van der Waals surface area contributed by atoms with E-state index in [0.717, 1.165) is 25.8 Å². The van der Waals surface area contributed by atoms with Gasteiger partial charge < -0.3 is 5.11 Å². The van der Waals surface area contributed by atoms with Crippen LogP contribution in [-0.2, 0) is 4.79 Å². The van der Waals surface area contributed by atoms with Crippen LogP contribution in [0.15, 0.2) is 0 Å². The van der Waals surface area contributed by atoms with Crippen LogP contribution in [0.25, 0.3) is 0 Å². The molecule has 0 bridgehead atoms. The van der Waals surface area contributed by atoms with Gasteiger partial charge in [-0.25, -0.2) is 0 Å². The molecule has 0 heterocycles. The number of rotatable bonds is 8. The molecule has 0 rings (SSSR count). The first-order valence-electron chi connectivity index (χ1n) is 6.32. The molecule has 0 saturated carbocycles. The van der Waals surface area contributed by atoms with Crippen LogP contribution in [0.3, 0.4) is 0 Å². The molecule has 0 amide bonds. The molecule has 1 N–H and O–H groups in total. The highest BCUT2D eigenvalue weighted by molar-refractivity contribution is 5.73. The summed E-state index contributed by atoms with van der Waals surface area (Å²) in [4.78, 5) is 13.4. The molecule has 0 spiro atoms. The molecule has 0 saturated heterocycles. The molecular formula is C13H27NO2. The molecule has 3 nitrogen and oxygen atoms in total. The van der Waals surface area contributed by atoms with Gasteiger partial charge in [-0.1, -0.05) is 20.3 Å². The van der Waals surface area contributed by atoms with Gasteiger partial charge in [0.25, 0.3) is 0 Å². The van der Waals surface area contributed by atoms with Crippen molar-refractivity contribution in [2.45, 2.75) is 59.9 Å². The number of aliphatic carboxylic acids is 1. The molecule has 0 aromatic heterocycles. The predicted molar refractivity (Wildman–Crippen MR) is 67.7 cm³/mol. The lowest BCUT2D eigenvalue weighted by Crippen LogP contribution is -2.43. The van der Waals surface area contributed by atoms with E-state index in [1.807, 2.05) is 0 Å². The second-order valence-electron chi connectivity index (χ2n) is 5.27. The zero-order valence-electron chi connectivity index (χ0n) is 11.4. The van der Waals surface area contributed by atoms with E-state index in [-0.39, 0.29) is 0 Å². The van der Waals surface area contributed by atoms with Crippen molar-refractivity contribution in [1.29, 1.82) is 0 Å². The number of unbranched alkanes of at least 4 members (excludes halogenated alkanes) is 1. The van der Waals surface area contributed by atoms with Crippen LogP contribution in [0.5, 0.6) is 0 Å². The van der Waals surface area contributed by atoms with Crippen molar-refractivity contribution in [2.24, 2.45) is 5.41 Å². The third kappa shape index (κ3) is 4.97. The van der Waals surface area contributed by atoms with Gasteiger partial charge in [0, 0.05) is 12.6 Å². The molecule has 1 unspecified atom stereocenters. The van der Waals surface area contributed by atoms with Crippen LogP contribution in [0.4, 0.5) is 0 Å². The molecule has 0 aromatic carbocycles. The summed E-state index contributed by atoms with van der Waals surface area (Å²) < 4.78 is 0. The van der Waals surface area contributed by atoms with Gasteiger partial charge in [0.1, 0.15) is 0 Å². The van der Waals surface area contributed by atoms with Crippen molar-refractivity contribution in [3.63, 3.8) is 0 Å². The Kier molecular flexibility index (Phi) is 6.65. The monoisotopic (exact) mass is 229 g/mol. The van der Waals surface area contributed by atoms with E-state index in [1.54, 1.807) is 13.8 Å². The third-order valence-electron chi connectivity index (χ3n) is 3.19. The number of carbonyl (C=O) groups is 1. The van der Waals surface area contributed by atoms with Crippen LogP contribution >= 0.6 is 0 Å². The van der Waals surface area contributed by atoms with Gasteiger partial charge in [-0.2, -0.15) is 0 Å². The molecule has 0 radical (unpaired) electrons. The van der Waals surface area contributed by atoms with Crippen molar-refractivity contribution in [3.05, 3.63) is 0 Å². The van der Waals surface area contributed by atoms with E-state index < -0.39 is 11.4 Å².